The first kappa shape index (κ1) is 18.8. The second-order valence-electron chi connectivity index (χ2n) is 6.20. The van der Waals surface area contributed by atoms with E-state index in [1.54, 1.807) is 36.5 Å². The monoisotopic (exact) mass is 381 g/mol. The van der Waals surface area contributed by atoms with E-state index >= 15 is 0 Å². The van der Waals surface area contributed by atoms with Gasteiger partial charge in [-0.15, -0.1) is 0 Å². The molecule has 0 radical (unpaired) electrons. The van der Waals surface area contributed by atoms with E-state index in [2.05, 4.69) is 20.3 Å². The van der Waals surface area contributed by atoms with Crippen LogP contribution in [-0.2, 0) is 6.42 Å². The van der Waals surface area contributed by atoms with Gasteiger partial charge in [-0.25, -0.2) is 9.97 Å². The van der Waals surface area contributed by atoms with E-state index in [-0.39, 0.29) is 5.91 Å². The van der Waals surface area contributed by atoms with Crippen molar-refractivity contribution in [3.63, 3.8) is 0 Å². The maximum Gasteiger partial charge on any atom is 0.272 e. The number of likely N-dealkylation sites (N-methyl/N-ethyl adjacent to an activating group) is 1. The molecule has 2 heterocycles. The van der Waals surface area contributed by atoms with Gasteiger partial charge in [-0.2, -0.15) is 0 Å². The average molecular weight is 382 g/mol. The zero-order chi connectivity index (χ0) is 19.2. The SMILES string of the molecule is Cc1cc(Cl)ccc1Nc1cc(C(=O)N(C)CCc2ccncc2)ncn1. The number of carbonyl (C=O) groups is 1. The van der Waals surface area contributed by atoms with Crippen LogP contribution >= 0.6 is 11.6 Å². The Bertz CT molecular complexity index is 933. The molecular formula is C20H20ClN5O. The number of aryl methyl sites for hydroxylation is 1. The van der Waals surface area contributed by atoms with Gasteiger partial charge in [-0.05, 0) is 54.8 Å². The molecule has 27 heavy (non-hydrogen) atoms. The number of rotatable bonds is 6. The zero-order valence-corrected chi connectivity index (χ0v) is 15.9. The molecule has 1 N–H and O–H groups in total. The molecule has 0 bridgehead atoms. The number of aromatic nitrogens is 3. The summed E-state index contributed by atoms with van der Waals surface area (Å²) in [5, 5.41) is 3.88. The van der Waals surface area contributed by atoms with Gasteiger partial charge in [0.25, 0.3) is 5.91 Å². The van der Waals surface area contributed by atoms with Gasteiger partial charge >= 0.3 is 0 Å². The Kier molecular flexibility index (Phi) is 5.98. The standard InChI is InChI=1S/C20H20ClN5O/c1-14-11-16(21)3-4-17(14)25-19-12-18(23-13-24-19)20(27)26(2)10-7-15-5-8-22-9-6-15/h3-6,8-9,11-13H,7,10H2,1-2H3,(H,23,24,25). The number of halogens is 1. The largest absolute Gasteiger partial charge is 0.340 e. The summed E-state index contributed by atoms with van der Waals surface area (Å²) in [4.78, 5) is 26.6. The van der Waals surface area contributed by atoms with Gasteiger partial charge in [0.1, 0.15) is 17.8 Å². The Morgan fingerprint density at radius 3 is 2.67 bits per heavy atom. The second kappa shape index (κ2) is 8.60. The molecule has 0 spiro atoms. The van der Waals surface area contributed by atoms with Crippen molar-refractivity contribution in [1.29, 1.82) is 0 Å². The quantitative estimate of drug-likeness (QED) is 0.701. The van der Waals surface area contributed by atoms with Crippen LogP contribution < -0.4 is 5.32 Å². The maximum absolute atomic E-state index is 12.7. The third kappa shape index (κ3) is 5.01. The number of hydrogen-bond donors (Lipinski definition) is 1. The summed E-state index contributed by atoms with van der Waals surface area (Å²) in [7, 11) is 1.77. The minimum absolute atomic E-state index is 0.151. The summed E-state index contributed by atoms with van der Waals surface area (Å²) in [5.74, 6) is 0.406. The van der Waals surface area contributed by atoms with Crippen LogP contribution in [0.4, 0.5) is 11.5 Å². The Balaban J connectivity index is 1.67. The van der Waals surface area contributed by atoms with E-state index in [0.29, 0.717) is 23.1 Å². The zero-order valence-electron chi connectivity index (χ0n) is 15.2. The molecule has 1 aromatic carbocycles. The van der Waals surface area contributed by atoms with Crippen LogP contribution in [0.25, 0.3) is 0 Å². The summed E-state index contributed by atoms with van der Waals surface area (Å²) in [5.41, 5.74) is 3.34. The van der Waals surface area contributed by atoms with Crippen molar-refractivity contribution in [3.8, 4) is 0 Å². The van der Waals surface area contributed by atoms with E-state index in [0.717, 1.165) is 23.2 Å². The highest BCUT2D eigenvalue weighted by atomic mass is 35.5. The summed E-state index contributed by atoms with van der Waals surface area (Å²) in [6.07, 6.45) is 5.64. The number of amides is 1. The number of hydrogen-bond acceptors (Lipinski definition) is 5. The number of benzene rings is 1. The van der Waals surface area contributed by atoms with Crippen molar-refractivity contribution < 1.29 is 4.79 Å². The third-order valence-electron chi connectivity index (χ3n) is 4.17. The molecule has 0 unspecified atom stereocenters. The van der Waals surface area contributed by atoms with Crippen molar-refractivity contribution in [2.24, 2.45) is 0 Å². The predicted octanol–water partition coefficient (Wildman–Crippen LogP) is 3.89. The molecule has 0 saturated heterocycles. The fourth-order valence-corrected chi connectivity index (χ4v) is 2.82. The third-order valence-corrected chi connectivity index (χ3v) is 4.40. The van der Waals surface area contributed by atoms with Crippen LogP contribution in [0.5, 0.6) is 0 Å². The van der Waals surface area contributed by atoms with Crippen LogP contribution in [0.15, 0.2) is 55.1 Å². The van der Waals surface area contributed by atoms with Crippen LogP contribution in [0.3, 0.4) is 0 Å². The van der Waals surface area contributed by atoms with Gasteiger partial charge in [-0.3, -0.25) is 9.78 Å². The van der Waals surface area contributed by atoms with Gasteiger partial charge in [0.05, 0.1) is 0 Å². The molecule has 138 valence electrons. The van der Waals surface area contributed by atoms with Gasteiger partial charge in [-0.1, -0.05) is 11.6 Å². The first-order valence-corrected chi connectivity index (χ1v) is 8.90. The first-order chi connectivity index (χ1) is 13.0. The smallest absolute Gasteiger partial charge is 0.272 e. The highest BCUT2D eigenvalue weighted by Crippen LogP contribution is 2.22. The molecule has 6 nitrogen and oxygen atoms in total. The molecule has 0 saturated carbocycles. The highest BCUT2D eigenvalue weighted by molar-refractivity contribution is 6.30. The van der Waals surface area contributed by atoms with Gasteiger partial charge < -0.3 is 10.2 Å². The van der Waals surface area contributed by atoms with Crippen molar-refractivity contribution in [1.82, 2.24) is 19.9 Å². The summed E-state index contributed by atoms with van der Waals surface area (Å²) in [6, 6.07) is 11.1. The Hall–Kier alpha value is -2.99. The van der Waals surface area contributed by atoms with Crippen LogP contribution in [0.1, 0.15) is 21.6 Å². The van der Waals surface area contributed by atoms with E-state index in [9.17, 15) is 4.79 Å². The number of nitrogens with one attached hydrogen (secondary N) is 1. The topological polar surface area (TPSA) is 71.0 Å². The van der Waals surface area contributed by atoms with Crippen molar-refractivity contribution in [3.05, 3.63) is 77.0 Å². The van der Waals surface area contributed by atoms with Crippen LogP contribution in [0.2, 0.25) is 5.02 Å². The van der Waals surface area contributed by atoms with Gasteiger partial charge in [0.15, 0.2) is 0 Å². The molecule has 0 aliphatic heterocycles. The minimum atomic E-state index is -0.151. The fourth-order valence-electron chi connectivity index (χ4n) is 2.59. The van der Waals surface area contributed by atoms with E-state index in [4.69, 9.17) is 11.6 Å². The lowest BCUT2D eigenvalue weighted by Gasteiger charge is -2.17. The Morgan fingerprint density at radius 2 is 1.93 bits per heavy atom. The lowest BCUT2D eigenvalue weighted by Crippen LogP contribution is -2.29. The predicted molar refractivity (Wildman–Crippen MR) is 106 cm³/mol. The van der Waals surface area contributed by atoms with Gasteiger partial charge in [0, 0.05) is 42.8 Å². The lowest BCUT2D eigenvalue weighted by atomic mass is 10.2. The first-order valence-electron chi connectivity index (χ1n) is 8.52. The number of carbonyl (C=O) groups excluding carboxylic acids is 1. The molecule has 3 aromatic rings. The van der Waals surface area contributed by atoms with Crippen LogP contribution in [0, 0.1) is 6.92 Å². The van der Waals surface area contributed by atoms with Crippen molar-refractivity contribution in [2.75, 3.05) is 18.9 Å². The minimum Gasteiger partial charge on any atom is -0.340 e. The molecule has 3 rings (SSSR count). The van der Waals surface area contributed by atoms with Crippen molar-refractivity contribution in [2.45, 2.75) is 13.3 Å². The van der Waals surface area contributed by atoms with Gasteiger partial charge in [0.2, 0.25) is 0 Å². The molecule has 0 fully saturated rings. The number of anilines is 2. The summed E-state index contributed by atoms with van der Waals surface area (Å²) < 4.78 is 0. The Labute approximate surface area is 163 Å². The molecule has 7 heteroatoms. The number of pyridine rings is 1. The lowest BCUT2D eigenvalue weighted by molar-refractivity contribution is 0.0790. The molecule has 2 aromatic heterocycles. The second-order valence-corrected chi connectivity index (χ2v) is 6.64. The van der Waals surface area contributed by atoms with E-state index in [1.807, 2.05) is 31.2 Å². The molecule has 0 atom stereocenters. The summed E-state index contributed by atoms with van der Waals surface area (Å²) in [6.45, 7) is 2.54. The maximum atomic E-state index is 12.7. The van der Waals surface area contributed by atoms with Crippen LogP contribution in [-0.4, -0.2) is 39.4 Å². The normalized spacial score (nSPS) is 10.5. The van der Waals surface area contributed by atoms with E-state index in [1.165, 1.54) is 6.33 Å². The summed E-state index contributed by atoms with van der Waals surface area (Å²) >= 11 is 5.99. The molecule has 1 amide bonds. The fraction of sp³-hybridized carbons (Fsp3) is 0.200. The number of nitrogens with zero attached hydrogens (tertiary/aromatic N) is 4. The Morgan fingerprint density at radius 1 is 1.15 bits per heavy atom. The molecule has 0 aliphatic rings. The average Bonchev–Trinajstić information content (AvgIpc) is 2.69. The van der Waals surface area contributed by atoms with E-state index < -0.39 is 0 Å². The highest BCUT2D eigenvalue weighted by Gasteiger charge is 2.14. The molecular weight excluding hydrogens is 362 g/mol. The van der Waals surface area contributed by atoms with Crippen molar-refractivity contribution >= 4 is 29.0 Å². The molecule has 0 aliphatic carbocycles.